The molecule has 0 atom stereocenters. The second kappa shape index (κ2) is 15.2. The molecule has 0 radical (unpaired) electrons. The van der Waals surface area contributed by atoms with Crippen LogP contribution in [0.2, 0.25) is 0 Å². The van der Waals surface area contributed by atoms with Gasteiger partial charge < -0.3 is 9.13 Å². The first-order valence-corrected chi connectivity index (χ1v) is 23.8. The van der Waals surface area contributed by atoms with Crippen LogP contribution in [-0.4, -0.2) is 17.2 Å². The molecule has 0 saturated heterocycles. The maximum Gasteiger partial charge on any atom is 0.179 e. The molecule has 0 N–H and O–H groups in total. The van der Waals surface area contributed by atoms with Crippen molar-refractivity contribution in [1.82, 2.24) is 9.13 Å². The molecule has 2 nitrogen and oxygen atoms in total. The third-order valence-electron chi connectivity index (χ3n) is 13.0. The van der Waals surface area contributed by atoms with Crippen molar-refractivity contribution >= 4 is 72.4 Å². The first-order chi connectivity index (χ1) is 31.3. The molecule has 63 heavy (non-hydrogen) atoms. The molecule has 12 aromatic rings. The molecule has 10 aromatic carbocycles. The molecule has 0 aliphatic carbocycles. The van der Waals surface area contributed by atoms with Crippen molar-refractivity contribution in [3.63, 3.8) is 0 Å². The smallest absolute Gasteiger partial charge is 0.179 e. The second-order valence-corrected chi connectivity index (χ2v) is 20.3. The van der Waals surface area contributed by atoms with E-state index in [0.29, 0.717) is 0 Å². The van der Waals surface area contributed by atoms with Crippen LogP contribution in [0.25, 0.3) is 77.2 Å². The van der Waals surface area contributed by atoms with Crippen molar-refractivity contribution in [3.05, 3.63) is 255 Å². The van der Waals surface area contributed by atoms with Crippen molar-refractivity contribution < 1.29 is 0 Å². The Bertz CT molecular complexity index is 3500. The zero-order valence-corrected chi connectivity index (χ0v) is 35.6. The van der Waals surface area contributed by atoms with E-state index in [1.165, 1.54) is 86.6 Å². The van der Waals surface area contributed by atoms with E-state index in [1.807, 2.05) is 0 Å². The predicted octanol–water partition coefficient (Wildman–Crippen LogP) is 12.6. The van der Waals surface area contributed by atoms with Crippen molar-refractivity contribution in [2.24, 2.45) is 0 Å². The fourth-order valence-electron chi connectivity index (χ4n) is 10.3. The first-order valence-electron chi connectivity index (χ1n) is 21.8. The molecule has 0 bridgehead atoms. The van der Waals surface area contributed by atoms with Gasteiger partial charge in [0.25, 0.3) is 0 Å². The third-order valence-corrected chi connectivity index (χ3v) is 17.8. The fourth-order valence-corrected chi connectivity index (χ4v) is 15.1. The normalized spacial score (nSPS) is 11.8. The highest BCUT2D eigenvalue weighted by molar-refractivity contribution is 7.20. The van der Waals surface area contributed by atoms with Gasteiger partial charge in [-0.1, -0.05) is 212 Å². The highest BCUT2D eigenvalue weighted by Crippen LogP contribution is 2.42. The highest BCUT2D eigenvalue weighted by atomic mass is 28.3. The number of hydrogen-bond donors (Lipinski definition) is 0. The number of nitrogens with zero attached hydrogens (tertiary/aromatic N) is 2. The quantitative estimate of drug-likeness (QED) is 0.107. The maximum atomic E-state index is 2.54. The molecule has 3 heteroatoms. The number of rotatable bonds is 8. The summed E-state index contributed by atoms with van der Waals surface area (Å²) in [5, 5.41) is 10.4. The van der Waals surface area contributed by atoms with E-state index in [1.54, 1.807) is 0 Å². The van der Waals surface area contributed by atoms with E-state index in [2.05, 4.69) is 264 Å². The average Bonchev–Trinajstić information content (AvgIpc) is 3.89. The van der Waals surface area contributed by atoms with Gasteiger partial charge in [0, 0.05) is 32.9 Å². The molecule has 0 aliphatic rings. The van der Waals surface area contributed by atoms with Gasteiger partial charge in [0.15, 0.2) is 8.07 Å². The molecule has 2 heterocycles. The summed E-state index contributed by atoms with van der Waals surface area (Å²) in [5.41, 5.74) is 11.8. The number of fused-ring (bicyclic) bond motifs is 7. The molecule has 0 unspecified atom stereocenters. The molecular weight excluding hydrogens is 777 g/mol. The van der Waals surface area contributed by atoms with E-state index in [4.69, 9.17) is 0 Å². The summed E-state index contributed by atoms with van der Waals surface area (Å²) in [6.07, 6.45) is 0. The van der Waals surface area contributed by atoms with Gasteiger partial charge >= 0.3 is 0 Å². The largest absolute Gasteiger partial charge is 0.309 e. The lowest BCUT2D eigenvalue weighted by Gasteiger charge is -2.34. The number of aromatic nitrogens is 2. The summed E-state index contributed by atoms with van der Waals surface area (Å²) in [4.78, 5) is 0. The van der Waals surface area contributed by atoms with Gasteiger partial charge in [-0.2, -0.15) is 0 Å². The van der Waals surface area contributed by atoms with E-state index in [0.717, 1.165) is 11.4 Å². The van der Waals surface area contributed by atoms with Crippen LogP contribution >= 0.6 is 0 Å². The van der Waals surface area contributed by atoms with E-state index in [9.17, 15) is 0 Å². The standard InChI is InChI=1S/C60H42N2Si/c1-6-20-43(21-7-1)45-24-18-26-47(40-45)61-56-35-17-16-34-54(56)59-58(61)39-37-53-55-42-52(36-38-57(55)62(60(53)59)48-27-19-25-46(41-48)44-22-8-2-9-23-44)63(49-28-10-3-11-29-49,50-30-12-4-13-31-50)51-32-14-5-15-33-51/h1-42H. The Hall–Kier alpha value is -7.98. The lowest BCUT2D eigenvalue weighted by Crippen LogP contribution is -2.74. The Kier molecular flexibility index (Phi) is 8.87. The van der Waals surface area contributed by atoms with Gasteiger partial charge in [-0.15, -0.1) is 0 Å². The van der Waals surface area contributed by atoms with E-state index >= 15 is 0 Å². The molecule has 2 aromatic heterocycles. The first kappa shape index (κ1) is 36.8. The minimum atomic E-state index is -2.81. The van der Waals surface area contributed by atoms with Crippen molar-refractivity contribution in [3.8, 4) is 33.6 Å². The van der Waals surface area contributed by atoms with Crippen molar-refractivity contribution in [2.45, 2.75) is 0 Å². The molecule has 0 amide bonds. The summed E-state index contributed by atoms with van der Waals surface area (Å²) in [6, 6.07) is 94.3. The Balaban J connectivity index is 1.20. The molecule has 0 aliphatic heterocycles. The third kappa shape index (κ3) is 5.93. The zero-order chi connectivity index (χ0) is 41.7. The lowest BCUT2D eigenvalue weighted by atomic mass is 10.0. The molecule has 12 rings (SSSR count). The topological polar surface area (TPSA) is 9.86 Å². The van der Waals surface area contributed by atoms with Gasteiger partial charge in [-0.3, -0.25) is 0 Å². The molecular formula is C60H42N2Si. The summed E-state index contributed by atoms with van der Waals surface area (Å²) < 4.78 is 5.00. The second-order valence-electron chi connectivity index (χ2n) is 16.5. The lowest BCUT2D eigenvalue weighted by molar-refractivity contribution is 1.17. The molecule has 0 fully saturated rings. The van der Waals surface area contributed by atoms with E-state index < -0.39 is 8.07 Å². The summed E-state index contributed by atoms with van der Waals surface area (Å²) >= 11 is 0. The molecule has 296 valence electrons. The van der Waals surface area contributed by atoms with E-state index in [-0.39, 0.29) is 0 Å². The molecule has 0 saturated carbocycles. The number of hydrogen-bond acceptors (Lipinski definition) is 0. The summed E-state index contributed by atoms with van der Waals surface area (Å²) in [7, 11) is -2.81. The Labute approximate surface area is 368 Å². The minimum Gasteiger partial charge on any atom is -0.309 e. The highest BCUT2D eigenvalue weighted by Gasteiger charge is 2.41. The van der Waals surface area contributed by atoms with Crippen LogP contribution in [0, 0.1) is 0 Å². The van der Waals surface area contributed by atoms with Gasteiger partial charge in [-0.25, -0.2) is 0 Å². The van der Waals surface area contributed by atoms with Gasteiger partial charge in [0.2, 0.25) is 0 Å². The molecule has 0 spiro atoms. The zero-order valence-electron chi connectivity index (χ0n) is 34.6. The Morgan fingerprint density at radius 1 is 0.254 bits per heavy atom. The van der Waals surface area contributed by atoms with Crippen molar-refractivity contribution in [1.29, 1.82) is 0 Å². The van der Waals surface area contributed by atoms with Crippen LogP contribution in [-0.2, 0) is 0 Å². The predicted molar refractivity (Wildman–Crippen MR) is 270 cm³/mol. The Morgan fingerprint density at radius 3 is 1.25 bits per heavy atom. The number of para-hydroxylation sites is 1. The Morgan fingerprint density at radius 2 is 0.698 bits per heavy atom. The summed E-state index contributed by atoms with van der Waals surface area (Å²) in [5.74, 6) is 0. The van der Waals surface area contributed by atoms with Crippen LogP contribution in [0.1, 0.15) is 0 Å². The minimum absolute atomic E-state index is 1.14. The fraction of sp³-hybridized carbons (Fsp3) is 0. The van der Waals surface area contributed by atoms with Crippen LogP contribution in [0.3, 0.4) is 0 Å². The maximum absolute atomic E-state index is 2.81. The van der Waals surface area contributed by atoms with Crippen LogP contribution in [0.5, 0.6) is 0 Å². The monoisotopic (exact) mass is 818 g/mol. The van der Waals surface area contributed by atoms with Crippen LogP contribution in [0.15, 0.2) is 255 Å². The van der Waals surface area contributed by atoms with Crippen LogP contribution < -0.4 is 20.7 Å². The van der Waals surface area contributed by atoms with Gasteiger partial charge in [0.05, 0.1) is 22.1 Å². The average molecular weight is 819 g/mol. The summed E-state index contributed by atoms with van der Waals surface area (Å²) in [6.45, 7) is 0. The van der Waals surface area contributed by atoms with Gasteiger partial charge in [0.1, 0.15) is 0 Å². The van der Waals surface area contributed by atoms with Crippen molar-refractivity contribution in [2.75, 3.05) is 0 Å². The SMILES string of the molecule is c1ccc(-c2cccc(-n3c4ccccc4c4c3ccc3c5cc([Si](c6ccccc6)(c6ccccc6)c6ccccc6)ccc5n(-c5cccc(-c6ccccc6)c5)c34)c2)cc1. The van der Waals surface area contributed by atoms with Gasteiger partial charge in [-0.05, 0) is 85.5 Å². The van der Waals surface area contributed by atoms with Crippen LogP contribution in [0.4, 0.5) is 0 Å². The number of benzene rings is 10.